The minimum Gasteiger partial charge on any atom is -0.323 e. The molecule has 8 nitrogen and oxygen atoms in total. The Balaban J connectivity index is 0.00000102. The number of aromatic nitrogens is 1. The van der Waals surface area contributed by atoms with Crippen LogP contribution in [0.5, 0.6) is 0 Å². The Morgan fingerprint density at radius 1 is 1.27 bits per heavy atom. The number of rotatable bonds is 4. The highest BCUT2D eigenvalue weighted by Crippen LogP contribution is 2.18. The number of nitrogens with one attached hydrogen (secondary N) is 1. The molecule has 0 amide bonds. The van der Waals surface area contributed by atoms with Gasteiger partial charge < -0.3 is 5.84 Å². The summed E-state index contributed by atoms with van der Waals surface area (Å²) in [7, 11) is -3.55. The SMILES string of the molecule is C#N.C#N.NN=Cc1ccc(NS(=O)(=O)c2cccs2)nc1. The first-order valence-corrected chi connectivity index (χ1v) is 7.75. The van der Waals surface area contributed by atoms with Crippen molar-refractivity contribution in [2.45, 2.75) is 4.21 Å². The van der Waals surface area contributed by atoms with E-state index in [9.17, 15) is 8.42 Å². The summed E-state index contributed by atoms with van der Waals surface area (Å²) in [4.78, 5) is 3.96. The summed E-state index contributed by atoms with van der Waals surface area (Å²) in [6.45, 7) is 7.00. The van der Waals surface area contributed by atoms with E-state index >= 15 is 0 Å². The fourth-order valence-electron chi connectivity index (χ4n) is 1.23. The van der Waals surface area contributed by atoms with Crippen LogP contribution in [0.25, 0.3) is 0 Å². The Morgan fingerprint density at radius 2 is 1.95 bits per heavy atom. The van der Waals surface area contributed by atoms with Crippen molar-refractivity contribution >= 4 is 33.4 Å². The van der Waals surface area contributed by atoms with E-state index in [0.717, 1.165) is 11.3 Å². The van der Waals surface area contributed by atoms with Gasteiger partial charge in [0.05, 0.1) is 6.21 Å². The van der Waals surface area contributed by atoms with E-state index < -0.39 is 10.0 Å². The number of sulfonamides is 1. The second-order valence-corrected chi connectivity index (χ2v) is 6.15. The number of hydrogen-bond acceptors (Lipinski definition) is 8. The minimum atomic E-state index is -3.55. The number of hydrazone groups is 1. The zero-order chi connectivity index (χ0) is 17.0. The van der Waals surface area contributed by atoms with E-state index in [4.69, 9.17) is 16.4 Å². The molecule has 10 heteroatoms. The van der Waals surface area contributed by atoms with Crippen LogP contribution in [0.4, 0.5) is 5.82 Å². The average molecular weight is 336 g/mol. The number of nitriles is 2. The first-order chi connectivity index (χ1) is 10.6. The predicted molar refractivity (Wildman–Crippen MR) is 84.5 cm³/mol. The molecule has 0 atom stereocenters. The molecule has 0 aliphatic rings. The number of pyridine rings is 1. The predicted octanol–water partition coefficient (Wildman–Crippen LogP) is 1.52. The lowest BCUT2D eigenvalue weighted by Gasteiger charge is -2.04. The van der Waals surface area contributed by atoms with Crippen LogP contribution in [0.1, 0.15) is 5.56 Å². The van der Waals surface area contributed by atoms with Gasteiger partial charge in [-0.2, -0.15) is 5.10 Å². The number of anilines is 1. The lowest BCUT2D eigenvalue weighted by Crippen LogP contribution is -2.12. The van der Waals surface area contributed by atoms with Crippen LogP contribution in [0.15, 0.2) is 45.2 Å². The van der Waals surface area contributed by atoms with Crippen molar-refractivity contribution in [3.63, 3.8) is 0 Å². The van der Waals surface area contributed by atoms with Gasteiger partial charge in [-0.25, -0.2) is 23.9 Å². The zero-order valence-corrected chi connectivity index (χ0v) is 12.8. The van der Waals surface area contributed by atoms with Crippen LogP contribution in [-0.2, 0) is 10.0 Å². The molecule has 2 rings (SSSR count). The molecule has 0 bridgehead atoms. The van der Waals surface area contributed by atoms with Crippen molar-refractivity contribution in [3.8, 4) is 13.1 Å². The Labute approximate surface area is 132 Å². The lowest BCUT2D eigenvalue weighted by atomic mass is 10.3. The molecule has 0 aromatic carbocycles. The van der Waals surface area contributed by atoms with Crippen LogP contribution in [0.2, 0.25) is 0 Å². The summed E-state index contributed by atoms with van der Waals surface area (Å²) < 4.78 is 26.4. The first-order valence-electron chi connectivity index (χ1n) is 5.39. The van der Waals surface area contributed by atoms with Crippen LogP contribution >= 0.6 is 11.3 Å². The molecule has 2 aromatic rings. The zero-order valence-electron chi connectivity index (χ0n) is 11.2. The van der Waals surface area contributed by atoms with Gasteiger partial charge in [0.25, 0.3) is 10.0 Å². The van der Waals surface area contributed by atoms with E-state index in [2.05, 4.69) is 28.0 Å². The van der Waals surface area contributed by atoms with E-state index in [1.807, 2.05) is 0 Å². The molecule has 0 unspecified atom stereocenters. The highest BCUT2D eigenvalue weighted by atomic mass is 32.2. The van der Waals surface area contributed by atoms with Crippen molar-refractivity contribution in [2.75, 3.05) is 4.72 Å². The second kappa shape index (κ2) is 9.88. The topological polar surface area (TPSA) is 145 Å². The molecule has 2 heterocycles. The lowest BCUT2D eigenvalue weighted by molar-refractivity contribution is 0.603. The van der Waals surface area contributed by atoms with E-state index in [1.54, 1.807) is 23.6 Å². The molecular formula is C12H12N6O2S2. The van der Waals surface area contributed by atoms with Gasteiger partial charge in [0.1, 0.15) is 10.0 Å². The summed E-state index contributed by atoms with van der Waals surface area (Å²) in [5.74, 6) is 5.24. The molecule has 2 aromatic heterocycles. The fourth-order valence-corrected chi connectivity index (χ4v) is 3.23. The molecule has 22 heavy (non-hydrogen) atoms. The number of hydrogen-bond donors (Lipinski definition) is 2. The highest BCUT2D eigenvalue weighted by Gasteiger charge is 2.15. The smallest absolute Gasteiger partial charge is 0.272 e. The molecule has 0 spiro atoms. The van der Waals surface area contributed by atoms with Gasteiger partial charge in [-0.15, -0.1) is 11.3 Å². The molecule has 114 valence electrons. The van der Waals surface area contributed by atoms with Crippen LogP contribution in [-0.4, -0.2) is 19.6 Å². The van der Waals surface area contributed by atoms with Gasteiger partial charge in [-0.3, -0.25) is 4.72 Å². The van der Waals surface area contributed by atoms with Crippen LogP contribution in [0, 0.1) is 23.7 Å². The minimum absolute atomic E-state index is 0.247. The first kappa shape index (κ1) is 19.1. The largest absolute Gasteiger partial charge is 0.323 e. The van der Waals surface area contributed by atoms with Crippen molar-refractivity contribution in [1.29, 1.82) is 10.5 Å². The van der Waals surface area contributed by atoms with Crippen molar-refractivity contribution in [3.05, 3.63) is 41.4 Å². The summed E-state index contributed by atoms with van der Waals surface area (Å²) in [6, 6.07) is 6.41. The number of nitrogens with two attached hydrogens (primary N) is 1. The summed E-state index contributed by atoms with van der Waals surface area (Å²) >= 11 is 1.14. The monoisotopic (exact) mass is 336 g/mol. The quantitative estimate of drug-likeness (QED) is 0.492. The maximum Gasteiger partial charge on any atom is 0.272 e. The van der Waals surface area contributed by atoms with E-state index in [0.29, 0.717) is 5.56 Å². The molecular weight excluding hydrogens is 324 g/mol. The molecule has 0 radical (unpaired) electrons. The average Bonchev–Trinajstić information content (AvgIpc) is 3.09. The third-order valence-electron chi connectivity index (χ3n) is 2.01. The van der Waals surface area contributed by atoms with Gasteiger partial charge >= 0.3 is 0 Å². The second-order valence-electron chi connectivity index (χ2n) is 3.29. The third-order valence-corrected chi connectivity index (χ3v) is 4.76. The van der Waals surface area contributed by atoms with Crippen molar-refractivity contribution in [2.24, 2.45) is 10.9 Å². The van der Waals surface area contributed by atoms with E-state index in [1.165, 1.54) is 18.5 Å². The normalized spacial score (nSPS) is 9.82. The van der Waals surface area contributed by atoms with Gasteiger partial charge in [0.15, 0.2) is 0 Å². The maximum absolute atomic E-state index is 11.9. The van der Waals surface area contributed by atoms with Crippen molar-refractivity contribution < 1.29 is 8.42 Å². The maximum atomic E-state index is 11.9. The Hall–Kier alpha value is -2.95. The molecule has 0 saturated heterocycles. The molecule has 0 aliphatic heterocycles. The molecule has 0 aliphatic carbocycles. The molecule has 3 N–H and O–H groups in total. The third kappa shape index (κ3) is 5.58. The Bertz CT molecular complexity index is 712. The Morgan fingerprint density at radius 3 is 2.41 bits per heavy atom. The number of thiophene rings is 1. The summed E-state index contributed by atoms with van der Waals surface area (Å²) in [5.41, 5.74) is 0.691. The highest BCUT2D eigenvalue weighted by molar-refractivity contribution is 7.94. The molecule has 0 saturated carbocycles. The number of nitrogens with zero attached hydrogens (tertiary/aromatic N) is 4. The van der Waals surface area contributed by atoms with Crippen molar-refractivity contribution in [1.82, 2.24) is 4.98 Å². The van der Waals surface area contributed by atoms with Gasteiger partial charge in [-0.05, 0) is 23.6 Å². The van der Waals surface area contributed by atoms with Crippen LogP contribution < -0.4 is 10.6 Å². The van der Waals surface area contributed by atoms with E-state index in [-0.39, 0.29) is 10.0 Å². The van der Waals surface area contributed by atoms with Gasteiger partial charge in [-0.1, -0.05) is 6.07 Å². The van der Waals surface area contributed by atoms with Gasteiger partial charge in [0.2, 0.25) is 0 Å². The van der Waals surface area contributed by atoms with Gasteiger partial charge in [0, 0.05) is 24.9 Å². The summed E-state index contributed by atoms with van der Waals surface area (Å²) in [6.07, 6.45) is 2.90. The van der Waals surface area contributed by atoms with Crippen LogP contribution in [0.3, 0.4) is 0 Å². The standard InChI is InChI=1S/C10H10N4O2S2.2CHN/c11-13-7-8-3-4-9(12-6-8)14-18(15,16)10-2-1-5-17-10;2*1-2/h1-7H,11H2,(H,12,14);2*1H. The summed E-state index contributed by atoms with van der Waals surface area (Å²) in [5, 5.41) is 18.0. The fraction of sp³-hybridized carbons (Fsp3) is 0. The Kier molecular flexibility index (Phi) is 8.55. The molecule has 0 fully saturated rings.